The number of unbranched alkanes of at least 4 members (excludes halogenated alkanes) is 8. The van der Waals surface area contributed by atoms with Gasteiger partial charge in [0.25, 0.3) is 0 Å². The highest BCUT2D eigenvalue weighted by atomic mass is 16.6. The summed E-state index contributed by atoms with van der Waals surface area (Å²) in [7, 11) is 0. The van der Waals surface area contributed by atoms with Crippen molar-refractivity contribution in [2.75, 3.05) is 18.5 Å². The van der Waals surface area contributed by atoms with E-state index >= 15 is 0 Å². The Bertz CT molecular complexity index is 793. The van der Waals surface area contributed by atoms with Gasteiger partial charge in [0, 0.05) is 18.7 Å². The van der Waals surface area contributed by atoms with Gasteiger partial charge in [-0.15, -0.1) is 0 Å². The van der Waals surface area contributed by atoms with E-state index in [1.807, 2.05) is 0 Å². The molecule has 166 valence electrons. The van der Waals surface area contributed by atoms with Gasteiger partial charge in [-0.05, 0) is 42.1 Å². The number of nitro groups is 1. The van der Waals surface area contributed by atoms with Gasteiger partial charge in [0.2, 0.25) is 5.52 Å². The number of rotatable bonds is 16. The number of aromatic nitrogens is 2. The van der Waals surface area contributed by atoms with Crippen LogP contribution in [0.25, 0.3) is 11.0 Å². The Morgan fingerprint density at radius 2 is 1.73 bits per heavy atom. The second-order valence-electron chi connectivity index (χ2n) is 7.54. The second-order valence-corrected chi connectivity index (χ2v) is 7.54. The van der Waals surface area contributed by atoms with Crippen LogP contribution in [-0.4, -0.2) is 39.5 Å². The highest BCUT2D eigenvalue weighted by molar-refractivity contribution is 5.93. The van der Waals surface area contributed by atoms with Gasteiger partial charge in [-0.3, -0.25) is 10.1 Å². The standard InChI is InChI=1S/C21H33N5O4/c22-17(16-27)12-10-8-6-4-2-1-3-5-7-9-11-15-23-18-13-14-19(26(28)29)21-20(18)24-30-25-21/h8,10,13-14,17,23,27H,1-7,9,11-12,15-16,22H2/b10-8+. The van der Waals surface area contributed by atoms with Crippen molar-refractivity contribution in [1.82, 2.24) is 10.3 Å². The van der Waals surface area contributed by atoms with Crippen LogP contribution in [0.4, 0.5) is 11.4 Å². The van der Waals surface area contributed by atoms with Gasteiger partial charge in [0.05, 0.1) is 17.2 Å². The van der Waals surface area contributed by atoms with E-state index in [1.54, 1.807) is 6.07 Å². The van der Waals surface area contributed by atoms with Gasteiger partial charge in [0.15, 0.2) is 5.52 Å². The first-order chi connectivity index (χ1) is 14.6. The van der Waals surface area contributed by atoms with Crippen molar-refractivity contribution in [1.29, 1.82) is 0 Å². The summed E-state index contributed by atoms with van der Waals surface area (Å²) < 4.78 is 4.67. The van der Waals surface area contributed by atoms with E-state index in [2.05, 4.69) is 32.4 Å². The largest absolute Gasteiger partial charge is 0.395 e. The van der Waals surface area contributed by atoms with E-state index < -0.39 is 4.92 Å². The molecule has 0 aliphatic rings. The topological polar surface area (TPSA) is 140 Å². The zero-order valence-electron chi connectivity index (χ0n) is 17.5. The van der Waals surface area contributed by atoms with Gasteiger partial charge in [-0.1, -0.05) is 50.7 Å². The Balaban J connectivity index is 1.48. The number of aliphatic hydroxyl groups is 1. The van der Waals surface area contributed by atoms with E-state index in [1.165, 1.54) is 44.6 Å². The zero-order valence-corrected chi connectivity index (χ0v) is 17.5. The van der Waals surface area contributed by atoms with Crippen LogP contribution in [-0.2, 0) is 0 Å². The normalized spacial score (nSPS) is 12.6. The third-order valence-corrected chi connectivity index (χ3v) is 5.04. The summed E-state index contributed by atoms with van der Waals surface area (Å²) >= 11 is 0. The maximum Gasteiger partial charge on any atom is 0.300 e. The quantitative estimate of drug-likeness (QED) is 0.158. The lowest BCUT2D eigenvalue weighted by Gasteiger charge is -2.06. The smallest absolute Gasteiger partial charge is 0.300 e. The maximum atomic E-state index is 11.0. The molecule has 0 saturated heterocycles. The maximum absolute atomic E-state index is 11.0. The Labute approximate surface area is 176 Å². The number of nitrogens with two attached hydrogens (primary N) is 1. The molecule has 1 aromatic heterocycles. The summed E-state index contributed by atoms with van der Waals surface area (Å²) in [4.78, 5) is 10.5. The molecule has 0 fully saturated rings. The van der Waals surface area contributed by atoms with Crippen LogP contribution in [0.1, 0.15) is 64.2 Å². The summed E-state index contributed by atoms with van der Waals surface area (Å²) in [5.74, 6) is 0. The van der Waals surface area contributed by atoms with E-state index in [0.717, 1.165) is 32.2 Å². The van der Waals surface area contributed by atoms with Gasteiger partial charge >= 0.3 is 5.69 Å². The van der Waals surface area contributed by atoms with Crippen LogP contribution in [0.3, 0.4) is 0 Å². The third-order valence-electron chi connectivity index (χ3n) is 5.04. The SMILES string of the molecule is NC(CO)C/C=C/CCCCCCCCCCNc1ccc([N+](=O)[O-])c2nonc12. The monoisotopic (exact) mass is 419 g/mol. The molecule has 30 heavy (non-hydrogen) atoms. The number of hydrogen-bond donors (Lipinski definition) is 3. The molecule has 0 bridgehead atoms. The van der Waals surface area contributed by atoms with Gasteiger partial charge in [-0.2, -0.15) is 0 Å². The molecule has 1 unspecified atom stereocenters. The van der Waals surface area contributed by atoms with E-state index in [4.69, 9.17) is 10.8 Å². The number of allylic oxidation sites excluding steroid dienone is 1. The fourth-order valence-corrected chi connectivity index (χ4v) is 3.28. The predicted molar refractivity (Wildman–Crippen MR) is 117 cm³/mol. The van der Waals surface area contributed by atoms with Crippen molar-refractivity contribution < 1.29 is 14.7 Å². The number of benzene rings is 1. The minimum Gasteiger partial charge on any atom is -0.395 e. The van der Waals surface area contributed by atoms with Crippen LogP contribution in [0.15, 0.2) is 28.9 Å². The van der Waals surface area contributed by atoms with Crippen molar-refractivity contribution in [2.24, 2.45) is 5.73 Å². The van der Waals surface area contributed by atoms with Crippen LogP contribution < -0.4 is 11.1 Å². The first kappa shape index (κ1) is 23.8. The molecular weight excluding hydrogens is 386 g/mol. The first-order valence-corrected chi connectivity index (χ1v) is 10.8. The van der Waals surface area contributed by atoms with Gasteiger partial charge in [0.1, 0.15) is 0 Å². The number of nitrogens with one attached hydrogen (secondary N) is 1. The number of non-ortho nitro benzene ring substituents is 1. The summed E-state index contributed by atoms with van der Waals surface area (Å²) in [6.45, 7) is 0.826. The third kappa shape index (κ3) is 8.08. The molecule has 0 saturated carbocycles. The minimum atomic E-state index is -0.484. The molecule has 4 N–H and O–H groups in total. The molecule has 1 aromatic carbocycles. The Hall–Kier alpha value is -2.52. The fourth-order valence-electron chi connectivity index (χ4n) is 3.28. The predicted octanol–water partition coefficient (Wildman–Crippen LogP) is 4.32. The van der Waals surface area contributed by atoms with Crippen LogP contribution in [0.2, 0.25) is 0 Å². The average Bonchev–Trinajstić information content (AvgIpc) is 3.23. The molecular formula is C21H33N5O4. The molecule has 0 radical (unpaired) electrons. The van der Waals surface area contributed by atoms with Crippen molar-refractivity contribution in [2.45, 2.75) is 70.3 Å². The van der Waals surface area contributed by atoms with Crippen LogP contribution in [0, 0.1) is 10.1 Å². The summed E-state index contributed by atoms with van der Waals surface area (Å²) in [5.41, 5.74) is 6.83. The average molecular weight is 420 g/mol. The van der Waals surface area contributed by atoms with Crippen molar-refractivity contribution in [3.63, 3.8) is 0 Å². The number of fused-ring (bicyclic) bond motifs is 1. The summed E-state index contributed by atoms with van der Waals surface area (Å²) in [5, 5.41) is 30.5. The molecule has 1 heterocycles. The molecule has 0 aliphatic heterocycles. The van der Waals surface area contributed by atoms with Gasteiger partial charge < -0.3 is 16.2 Å². The highest BCUT2D eigenvalue weighted by Crippen LogP contribution is 2.28. The van der Waals surface area contributed by atoms with Crippen molar-refractivity contribution in [3.05, 3.63) is 34.4 Å². The second kappa shape index (κ2) is 13.7. The Morgan fingerprint density at radius 3 is 2.43 bits per heavy atom. The molecule has 0 amide bonds. The van der Waals surface area contributed by atoms with Crippen molar-refractivity contribution >= 4 is 22.4 Å². The Morgan fingerprint density at radius 1 is 1.07 bits per heavy atom. The van der Waals surface area contributed by atoms with Crippen LogP contribution >= 0.6 is 0 Å². The Kier molecular flexibility index (Phi) is 10.8. The number of aliphatic hydroxyl groups excluding tert-OH is 1. The summed E-state index contributed by atoms with van der Waals surface area (Å²) in [6.07, 6.45) is 15.7. The number of hydrogen-bond acceptors (Lipinski definition) is 8. The molecule has 2 aromatic rings. The highest BCUT2D eigenvalue weighted by Gasteiger charge is 2.19. The zero-order chi connectivity index (χ0) is 21.6. The molecule has 0 aliphatic carbocycles. The fraction of sp³-hybridized carbons (Fsp3) is 0.619. The van der Waals surface area contributed by atoms with Crippen LogP contribution in [0.5, 0.6) is 0 Å². The molecule has 0 spiro atoms. The summed E-state index contributed by atoms with van der Waals surface area (Å²) in [6, 6.07) is 2.95. The van der Waals surface area contributed by atoms with Crippen molar-refractivity contribution in [3.8, 4) is 0 Å². The molecule has 2 rings (SSSR count). The van der Waals surface area contributed by atoms with E-state index in [-0.39, 0.29) is 23.9 Å². The van der Waals surface area contributed by atoms with E-state index in [9.17, 15) is 10.1 Å². The van der Waals surface area contributed by atoms with Gasteiger partial charge in [-0.25, -0.2) is 4.63 Å². The van der Waals surface area contributed by atoms with E-state index in [0.29, 0.717) is 11.2 Å². The lowest BCUT2D eigenvalue weighted by molar-refractivity contribution is -0.383. The minimum absolute atomic E-state index is 0.0421. The lowest BCUT2D eigenvalue weighted by Crippen LogP contribution is -2.22. The number of nitrogens with zero attached hydrogens (tertiary/aromatic N) is 3. The first-order valence-electron chi connectivity index (χ1n) is 10.8. The molecule has 9 heteroatoms. The molecule has 1 atom stereocenters. The number of anilines is 1. The number of nitro benzene ring substituents is 1. The lowest BCUT2D eigenvalue weighted by atomic mass is 10.1. The molecule has 9 nitrogen and oxygen atoms in total.